The van der Waals surface area contributed by atoms with Gasteiger partial charge in [-0.15, -0.1) is 0 Å². The lowest BCUT2D eigenvalue weighted by molar-refractivity contribution is -0.385. The molecule has 0 fully saturated rings. The highest BCUT2D eigenvalue weighted by atomic mass is 19.2. The number of rotatable bonds is 4. The standard InChI is InChI=1S/C16H12F2N2O5/c17-11-5-10(13(20(22)23)6-12(11)18)16(21)19-7-9-8-24-14-3-1-2-4-15(14)25-9/h1-6,9H,7-8H2,(H,19,21)/t9-/m1/s1. The Labute approximate surface area is 140 Å². The number of nitro groups is 1. The summed E-state index contributed by atoms with van der Waals surface area (Å²) in [6.45, 7) is 0.139. The summed E-state index contributed by atoms with van der Waals surface area (Å²) in [7, 11) is 0. The first-order valence-electron chi connectivity index (χ1n) is 7.26. The molecule has 1 atom stereocenters. The van der Waals surface area contributed by atoms with E-state index in [4.69, 9.17) is 9.47 Å². The Morgan fingerprint density at radius 2 is 1.92 bits per heavy atom. The van der Waals surface area contributed by atoms with E-state index in [0.29, 0.717) is 23.6 Å². The van der Waals surface area contributed by atoms with E-state index in [0.717, 1.165) is 0 Å². The molecule has 1 heterocycles. The number of halogens is 2. The lowest BCUT2D eigenvalue weighted by atomic mass is 10.1. The summed E-state index contributed by atoms with van der Waals surface area (Å²) >= 11 is 0. The van der Waals surface area contributed by atoms with Crippen LogP contribution >= 0.6 is 0 Å². The topological polar surface area (TPSA) is 90.7 Å². The van der Waals surface area contributed by atoms with Crippen LogP contribution in [0.1, 0.15) is 10.4 Å². The first-order chi connectivity index (χ1) is 12.0. The number of para-hydroxylation sites is 2. The number of fused-ring (bicyclic) bond motifs is 1. The number of ether oxygens (including phenoxy) is 2. The Balaban J connectivity index is 1.70. The number of hydrogen-bond donors (Lipinski definition) is 1. The Kier molecular flexibility index (Phi) is 4.46. The van der Waals surface area contributed by atoms with E-state index >= 15 is 0 Å². The van der Waals surface area contributed by atoms with Crippen LogP contribution in [0.25, 0.3) is 0 Å². The predicted molar refractivity (Wildman–Crippen MR) is 81.7 cm³/mol. The molecule has 1 N–H and O–H groups in total. The number of nitro benzene ring substituents is 1. The summed E-state index contributed by atoms with van der Waals surface area (Å²) in [5.74, 6) is -2.58. The average molecular weight is 350 g/mol. The molecule has 1 aliphatic heterocycles. The van der Waals surface area contributed by atoms with Gasteiger partial charge in [0.05, 0.1) is 17.5 Å². The highest BCUT2D eigenvalue weighted by Crippen LogP contribution is 2.30. The van der Waals surface area contributed by atoms with Gasteiger partial charge in [0.2, 0.25) is 0 Å². The third-order valence-electron chi connectivity index (χ3n) is 3.54. The Morgan fingerprint density at radius 3 is 2.64 bits per heavy atom. The van der Waals surface area contributed by atoms with Gasteiger partial charge in [0, 0.05) is 0 Å². The molecular formula is C16H12F2N2O5. The molecule has 3 rings (SSSR count). The fourth-order valence-electron chi connectivity index (χ4n) is 2.33. The highest BCUT2D eigenvalue weighted by Gasteiger charge is 2.26. The molecule has 2 aromatic carbocycles. The van der Waals surface area contributed by atoms with Gasteiger partial charge in [-0.25, -0.2) is 8.78 Å². The highest BCUT2D eigenvalue weighted by molar-refractivity contribution is 5.98. The zero-order valence-electron chi connectivity index (χ0n) is 12.7. The molecule has 2 aromatic rings. The lowest BCUT2D eigenvalue weighted by Gasteiger charge is -2.26. The second kappa shape index (κ2) is 6.71. The summed E-state index contributed by atoms with van der Waals surface area (Å²) < 4.78 is 37.6. The van der Waals surface area contributed by atoms with Crippen LogP contribution in [0.4, 0.5) is 14.5 Å². The molecule has 9 heteroatoms. The van der Waals surface area contributed by atoms with E-state index < -0.39 is 39.8 Å². The molecule has 0 bridgehead atoms. The van der Waals surface area contributed by atoms with Gasteiger partial charge in [-0.05, 0) is 18.2 Å². The summed E-state index contributed by atoms with van der Waals surface area (Å²) in [4.78, 5) is 22.1. The number of carbonyl (C=O) groups is 1. The van der Waals surface area contributed by atoms with E-state index in [1.807, 2.05) is 0 Å². The van der Waals surface area contributed by atoms with Crippen LogP contribution in [0.3, 0.4) is 0 Å². The monoisotopic (exact) mass is 350 g/mol. The molecule has 130 valence electrons. The minimum atomic E-state index is -1.40. The van der Waals surface area contributed by atoms with Crippen LogP contribution in [0.2, 0.25) is 0 Å². The third kappa shape index (κ3) is 3.49. The molecule has 1 aliphatic rings. The summed E-state index contributed by atoms with van der Waals surface area (Å²) in [5, 5.41) is 13.3. The third-order valence-corrected chi connectivity index (χ3v) is 3.54. The largest absolute Gasteiger partial charge is 0.486 e. The van der Waals surface area contributed by atoms with Crippen molar-refractivity contribution in [1.29, 1.82) is 0 Å². The van der Waals surface area contributed by atoms with Crippen LogP contribution < -0.4 is 14.8 Å². The van der Waals surface area contributed by atoms with Gasteiger partial charge < -0.3 is 14.8 Å². The molecule has 7 nitrogen and oxygen atoms in total. The summed E-state index contributed by atoms with van der Waals surface area (Å²) in [6.07, 6.45) is -0.525. The molecule has 0 aliphatic carbocycles. The van der Waals surface area contributed by atoms with Crippen molar-refractivity contribution in [2.75, 3.05) is 13.2 Å². The quantitative estimate of drug-likeness (QED) is 0.676. The number of hydrogen-bond acceptors (Lipinski definition) is 5. The van der Waals surface area contributed by atoms with Crippen molar-refractivity contribution in [3.8, 4) is 11.5 Å². The van der Waals surface area contributed by atoms with Crippen molar-refractivity contribution in [2.24, 2.45) is 0 Å². The van der Waals surface area contributed by atoms with Crippen molar-refractivity contribution in [3.05, 3.63) is 63.7 Å². The van der Waals surface area contributed by atoms with Crippen LogP contribution in [-0.2, 0) is 0 Å². The van der Waals surface area contributed by atoms with Crippen molar-refractivity contribution >= 4 is 11.6 Å². The number of nitrogens with one attached hydrogen (secondary N) is 1. The van der Waals surface area contributed by atoms with Crippen molar-refractivity contribution in [3.63, 3.8) is 0 Å². The second-order valence-corrected chi connectivity index (χ2v) is 5.25. The molecule has 25 heavy (non-hydrogen) atoms. The van der Waals surface area contributed by atoms with Crippen molar-refractivity contribution in [1.82, 2.24) is 5.32 Å². The summed E-state index contributed by atoms with van der Waals surface area (Å²) in [5.41, 5.74) is -1.39. The average Bonchev–Trinajstić information content (AvgIpc) is 2.61. The number of nitrogens with zero attached hydrogens (tertiary/aromatic N) is 1. The zero-order chi connectivity index (χ0) is 18.0. The summed E-state index contributed by atoms with van der Waals surface area (Å²) in [6, 6.07) is 7.84. The Hall–Kier alpha value is -3.23. The van der Waals surface area contributed by atoms with Gasteiger partial charge >= 0.3 is 0 Å². The maximum atomic E-state index is 13.3. The first-order valence-corrected chi connectivity index (χ1v) is 7.26. The Morgan fingerprint density at radius 1 is 1.24 bits per heavy atom. The van der Waals surface area contributed by atoms with Crippen LogP contribution in [-0.4, -0.2) is 30.1 Å². The van der Waals surface area contributed by atoms with Gasteiger partial charge in [-0.2, -0.15) is 0 Å². The molecule has 0 saturated carbocycles. The van der Waals surface area contributed by atoms with Crippen LogP contribution in [0, 0.1) is 21.7 Å². The molecule has 1 amide bonds. The van der Waals surface area contributed by atoms with E-state index in [1.54, 1.807) is 24.3 Å². The fraction of sp³-hybridized carbons (Fsp3) is 0.188. The van der Waals surface area contributed by atoms with E-state index in [-0.39, 0.29) is 13.2 Å². The van der Waals surface area contributed by atoms with Crippen LogP contribution in [0.15, 0.2) is 36.4 Å². The Bertz CT molecular complexity index is 843. The normalized spacial score (nSPS) is 15.5. The molecule has 0 unspecified atom stereocenters. The van der Waals surface area contributed by atoms with Crippen LogP contribution in [0.5, 0.6) is 11.5 Å². The number of amides is 1. The molecule has 0 aromatic heterocycles. The van der Waals surface area contributed by atoms with E-state index in [9.17, 15) is 23.7 Å². The number of benzene rings is 2. The van der Waals surface area contributed by atoms with Gasteiger partial charge in [0.15, 0.2) is 23.1 Å². The van der Waals surface area contributed by atoms with Crippen molar-refractivity contribution < 1.29 is 28.0 Å². The molecule has 0 spiro atoms. The molecule has 0 radical (unpaired) electrons. The lowest BCUT2D eigenvalue weighted by Crippen LogP contribution is -2.40. The van der Waals surface area contributed by atoms with Gasteiger partial charge in [-0.3, -0.25) is 14.9 Å². The smallest absolute Gasteiger partial charge is 0.285 e. The SMILES string of the molecule is O=C(NC[C@@H]1COc2ccccc2O1)c1cc(F)c(F)cc1[N+](=O)[O-]. The molecular weight excluding hydrogens is 338 g/mol. The predicted octanol–water partition coefficient (Wildman–Crippen LogP) is 2.44. The minimum Gasteiger partial charge on any atom is -0.486 e. The second-order valence-electron chi connectivity index (χ2n) is 5.25. The molecule has 0 saturated heterocycles. The van der Waals surface area contributed by atoms with Crippen molar-refractivity contribution in [2.45, 2.75) is 6.10 Å². The maximum Gasteiger partial charge on any atom is 0.285 e. The van der Waals surface area contributed by atoms with Gasteiger partial charge in [0.1, 0.15) is 18.3 Å². The fourth-order valence-corrected chi connectivity index (χ4v) is 2.33. The number of carbonyl (C=O) groups excluding carboxylic acids is 1. The van der Waals surface area contributed by atoms with Gasteiger partial charge in [0.25, 0.3) is 11.6 Å². The first kappa shape index (κ1) is 16.6. The van der Waals surface area contributed by atoms with E-state index in [2.05, 4.69) is 5.32 Å². The zero-order valence-corrected chi connectivity index (χ0v) is 12.7. The van der Waals surface area contributed by atoms with E-state index in [1.165, 1.54) is 0 Å². The van der Waals surface area contributed by atoms with Gasteiger partial charge in [-0.1, -0.05) is 12.1 Å². The minimum absolute atomic E-state index is 0.0245. The maximum absolute atomic E-state index is 13.3.